The van der Waals surface area contributed by atoms with Crippen molar-refractivity contribution < 1.29 is 13.2 Å². The van der Waals surface area contributed by atoms with Crippen molar-refractivity contribution in [1.29, 1.82) is 0 Å². The average Bonchev–Trinajstić information content (AvgIpc) is 2.62. The lowest BCUT2D eigenvalue weighted by Gasteiger charge is -2.11. The summed E-state index contributed by atoms with van der Waals surface area (Å²) >= 11 is 0. The molecule has 0 saturated heterocycles. The largest absolute Gasteiger partial charge is 0.366 e. The van der Waals surface area contributed by atoms with Gasteiger partial charge in [0, 0.05) is 0 Å². The highest BCUT2D eigenvalue weighted by molar-refractivity contribution is 7.92. The smallest absolute Gasteiger partial charge is 0.261 e. The zero-order valence-corrected chi connectivity index (χ0v) is 14.0. The molecular weight excluding hydrogens is 336 g/mol. The van der Waals surface area contributed by atoms with Gasteiger partial charge >= 0.3 is 0 Å². The first-order valence-corrected chi connectivity index (χ1v) is 9.03. The second-order valence-corrected chi connectivity index (χ2v) is 7.09. The van der Waals surface area contributed by atoms with E-state index in [-0.39, 0.29) is 16.1 Å². The van der Waals surface area contributed by atoms with E-state index in [1.54, 1.807) is 24.3 Å². The highest BCUT2D eigenvalue weighted by Crippen LogP contribution is 2.23. The zero-order valence-electron chi connectivity index (χ0n) is 13.2. The predicted octanol–water partition coefficient (Wildman–Crippen LogP) is 3.25. The summed E-state index contributed by atoms with van der Waals surface area (Å²) in [5, 5.41) is 0. The first kappa shape index (κ1) is 16.7. The van der Waals surface area contributed by atoms with Crippen molar-refractivity contribution >= 4 is 21.6 Å². The number of amides is 1. The van der Waals surface area contributed by atoms with Crippen LogP contribution in [0, 0.1) is 0 Å². The molecule has 0 atom stereocenters. The third-order valence-corrected chi connectivity index (χ3v) is 5.09. The van der Waals surface area contributed by atoms with Crippen LogP contribution in [0.2, 0.25) is 0 Å². The van der Waals surface area contributed by atoms with Gasteiger partial charge in [0.25, 0.3) is 15.9 Å². The molecule has 0 spiro atoms. The molecule has 0 aliphatic rings. The Morgan fingerprint density at radius 2 is 1.32 bits per heavy atom. The molecule has 0 aliphatic carbocycles. The van der Waals surface area contributed by atoms with Crippen LogP contribution < -0.4 is 10.5 Å². The van der Waals surface area contributed by atoms with Gasteiger partial charge in [-0.1, -0.05) is 54.6 Å². The maximum absolute atomic E-state index is 12.6. The number of primary amides is 1. The van der Waals surface area contributed by atoms with Crippen LogP contribution in [0.4, 0.5) is 5.69 Å². The van der Waals surface area contributed by atoms with Gasteiger partial charge in [-0.3, -0.25) is 9.52 Å². The number of carbonyl (C=O) groups is 1. The number of carbonyl (C=O) groups excluding carboxylic acids is 1. The maximum atomic E-state index is 12.6. The highest BCUT2D eigenvalue weighted by atomic mass is 32.2. The molecule has 25 heavy (non-hydrogen) atoms. The molecule has 3 N–H and O–H groups in total. The highest BCUT2D eigenvalue weighted by Gasteiger charge is 2.17. The molecule has 0 fully saturated rings. The van der Waals surface area contributed by atoms with Gasteiger partial charge in [0.1, 0.15) is 0 Å². The number of para-hydroxylation sites is 1. The van der Waals surface area contributed by atoms with Gasteiger partial charge in [-0.25, -0.2) is 8.42 Å². The Bertz CT molecular complexity index is 998. The summed E-state index contributed by atoms with van der Waals surface area (Å²) in [6, 6.07) is 22.4. The van der Waals surface area contributed by atoms with Crippen molar-refractivity contribution in [1.82, 2.24) is 0 Å². The molecule has 5 nitrogen and oxygen atoms in total. The molecule has 1 amide bonds. The first-order valence-electron chi connectivity index (χ1n) is 7.54. The van der Waals surface area contributed by atoms with Gasteiger partial charge in [0.2, 0.25) is 0 Å². The minimum atomic E-state index is -3.83. The van der Waals surface area contributed by atoms with Crippen LogP contribution in [-0.2, 0) is 10.0 Å². The van der Waals surface area contributed by atoms with E-state index in [1.165, 1.54) is 24.3 Å². The zero-order chi connectivity index (χ0) is 17.9. The minimum absolute atomic E-state index is 0.103. The quantitative estimate of drug-likeness (QED) is 0.738. The fourth-order valence-corrected chi connectivity index (χ4v) is 3.53. The molecule has 0 saturated carbocycles. The van der Waals surface area contributed by atoms with E-state index in [1.807, 2.05) is 30.3 Å². The Kier molecular flexibility index (Phi) is 4.54. The third kappa shape index (κ3) is 3.70. The molecule has 0 unspecified atom stereocenters. The van der Waals surface area contributed by atoms with Crippen LogP contribution in [-0.4, -0.2) is 14.3 Å². The Hall–Kier alpha value is -3.12. The molecule has 0 bridgehead atoms. The fraction of sp³-hybridized carbons (Fsp3) is 0. The van der Waals surface area contributed by atoms with Crippen LogP contribution in [0.15, 0.2) is 83.8 Å². The lowest BCUT2D eigenvalue weighted by molar-refractivity contribution is 0.100. The summed E-state index contributed by atoms with van der Waals surface area (Å²) in [6.45, 7) is 0. The van der Waals surface area contributed by atoms with Crippen molar-refractivity contribution in [3.63, 3.8) is 0 Å². The number of sulfonamides is 1. The monoisotopic (exact) mass is 352 g/mol. The van der Waals surface area contributed by atoms with Crippen LogP contribution >= 0.6 is 0 Å². The first-order chi connectivity index (χ1) is 12.0. The van der Waals surface area contributed by atoms with Gasteiger partial charge in [-0.15, -0.1) is 0 Å². The number of hydrogen-bond acceptors (Lipinski definition) is 3. The number of nitrogens with two attached hydrogens (primary N) is 1. The average molecular weight is 352 g/mol. The summed E-state index contributed by atoms with van der Waals surface area (Å²) in [5.41, 5.74) is 7.47. The predicted molar refractivity (Wildman–Crippen MR) is 97.6 cm³/mol. The molecule has 3 aromatic rings. The summed E-state index contributed by atoms with van der Waals surface area (Å²) in [4.78, 5) is 11.5. The van der Waals surface area contributed by atoms with Crippen molar-refractivity contribution in [3.8, 4) is 11.1 Å². The lowest BCUT2D eigenvalue weighted by atomic mass is 10.1. The Morgan fingerprint density at radius 1 is 0.760 bits per heavy atom. The number of anilines is 1. The van der Waals surface area contributed by atoms with Crippen LogP contribution in [0.25, 0.3) is 11.1 Å². The van der Waals surface area contributed by atoms with Gasteiger partial charge in [0.05, 0.1) is 16.1 Å². The standard InChI is InChI=1S/C19H16N2O3S/c20-19(22)17-8-4-5-9-18(17)21-25(23,24)16-12-10-15(11-13-16)14-6-2-1-3-7-14/h1-13,21H,(H2,20,22). The Labute approximate surface area is 146 Å². The van der Waals surface area contributed by atoms with Crippen LogP contribution in [0.5, 0.6) is 0 Å². The molecule has 6 heteroatoms. The topological polar surface area (TPSA) is 89.3 Å². The van der Waals surface area contributed by atoms with E-state index in [0.29, 0.717) is 0 Å². The molecule has 0 heterocycles. The Balaban J connectivity index is 1.90. The lowest BCUT2D eigenvalue weighted by Crippen LogP contribution is -2.18. The summed E-state index contributed by atoms with van der Waals surface area (Å²) < 4.78 is 27.5. The van der Waals surface area contributed by atoms with Crippen LogP contribution in [0.3, 0.4) is 0 Å². The van der Waals surface area contributed by atoms with Crippen molar-refractivity contribution in [2.24, 2.45) is 5.73 Å². The molecular formula is C19H16N2O3S. The number of hydrogen-bond donors (Lipinski definition) is 2. The van der Waals surface area contributed by atoms with Gasteiger partial charge in [-0.2, -0.15) is 0 Å². The molecule has 0 aromatic heterocycles. The second-order valence-electron chi connectivity index (χ2n) is 5.41. The van der Waals surface area contributed by atoms with Crippen molar-refractivity contribution in [2.45, 2.75) is 4.90 Å². The number of rotatable bonds is 5. The normalized spacial score (nSPS) is 11.0. The van der Waals surface area contributed by atoms with E-state index in [0.717, 1.165) is 11.1 Å². The van der Waals surface area contributed by atoms with Crippen LogP contribution in [0.1, 0.15) is 10.4 Å². The van der Waals surface area contributed by atoms with E-state index >= 15 is 0 Å². The maximum Gasteiger partial charge on any atom is 0.261 e. The number of benzene rings is 3. The second kappa shape index (κ2) is 6.78. The summed E-state index contributed by atoms with van der Waals surface area (Å²) in [6.07, 6.45) is 0. The minimum Gasteiger partial charge on any atom is -0.366 e. The van der Waals surface area contributed by atoms with Gasteiger partial charge in [0.15, 0.2) is 0 Å². The molecule has 3 rings (SSSR count). The van der Waals surface area contributed by atoms with E-state index in [4.69, 9.17) is 5.73 Å². The molecule has 126 valence electrons. The summed E-state index contributed by atoms with van der Waals surface area (Å²) in [5.74, 6) is -0.697. The van der Waals surface area contributed by atoms with Gasteiger partial charge in [-0.05, 0) is 35.4 Å². The van der Waals surface area contributed by atoms with Crippen molar-refractivity contribution in [2.75, 3.05) is 4.72 Å². The SMILES string of the molecule is NC(=O)c1ccccc1NS(=O)(=O)c1ccc(-c2ccccc2)cc1. The van der Waals surface area contributed by atoms with Gasteiger partial charge < -0.3 is 5.73 Å². The summed E-state index contributed by atoms with van der Waals surface area (Å²) in [7, 11) is -3.83. The molecule has 0 radical (unpaired) electrons. The van der Waals surface area contributed by atoms with E-state index < -0.39 is 15.9 Å². The van der Waals surface area contributed by atoms with Crippen molar-refractivity contribution in [3.05, 3.63) is 84.4 Å². The number of nitrogens with one attached hydrogen (secondary N) is 1. The molecule has 0 aliphatic heterocycles. The Morgan fingerprint density at radius 3 is 1.96 bits per heavy atom. The molecule has 3 aromatic carbocycles. The fourth-order valence-electron chi connectivity index (χ4n) is 2.45. The van der Waals surface area contributed by atoms with E-state index in [2.05, 4.69) is 4.72 Å². The third-order valence-electron chi connectivity index (χ3n) is 3.71. The van der Waals surface area contributed by atoms with E-state index in [9.17, 15) is 13.2 Å².